The number of ketones is 1. The number of sulfonamides is 1. The number of hydrogen-bond donors (Lipinski definition) is 1. The normalized spacial score (nSPS) is 11.6. The summed E-state index contributed by atoms with van der Waals surface area (Å²) in [6.07, 6.45) is 3.83. The van der Waals surface area contributed by atoms with Crippen LogP contribution in [0.4, 0.5) is 0 Å². The van der Waals surface area contributed by atoms with Crippen LogP contribution in [0, 0.1) is 0 Å². The molecule has 0 fully saturated rings. The zero-order valence-electron chi connectivity index (χ0n) is 14.2. The first-order chi connectivity index (χ1) is 12.0. The van der Waals surface area contributed by atoms with E-state index in [0.717, 1.165) is 5.56 Å². The SMILES string of the molecule is CCCNS(=O)(=O)c1ccc(C(=O)/C=C/c2ccccc2OC)cc1. The molecule has 0 saturated carbocycles. The van der Waals surface area contributed by atoms with Crippen molar-refractivity contribution in [3.8, 4) is 5.75 Å². The first kappa shape index (κ1) is 18.9. The van der Waals surface area contributed by atoms with Crippen LogP contribution < -0.4 is 9.46 Å². The number of nitrogens with one attached hydrogen (secondary N) is 1. The largest absolute Gasteiger partial charge is 0.496 e. The molecule has 132 valence electrons. The van der Waals surface area contributed by atoms with Crippen LogP contribution in [0.5, 0.6) is 5.75 Å². The molecule has 0 aliphatic heterocycles. The quantitative estimate of drug-likeness (QED) is 0.580. The maximum Gasteiger partial charge on any atom is 0.240 e. The Morgan fingerprint density at radius 2 is 1.80 bits per heavy atom. The highest BCUT2D eigenvalue weighted by Crippen LogP contribution is 2.19. The Morgan fingerprint density at radius 3 is 2.44 bits per heavy atom. The predicted octanol–water partition coefficient (Wildman–Crippen LogP) is 3.28. The average Bonchev–Trinajstić information content (AvgIpc) is 2.64. The van der Waals surface area contributed by atoms with Gasteiger partial charge in [0, 0.05) is 17.7 Å². The van der Waals surface area contributed by atoms with Gasteiger partial charge in [-0.25, -0.2) is 13.1 Å². The van der Waals surface area contributed by atoms with E-state index < -0.39 is 10.0 Å². The third-order valence-corrected chi connectivity index (χ3v) is 5.02. The first-order valence-corrected chi connectivity index (χ1v) is 9.41. The van der Waals surface area contributed by atoms with E-state index in [1.807, 2.05) is 31.2 Å². The Kier molecular flexibility index (Phi) is 6.50. The maximum absolute atomic E-state index is 12.3. The minimum Gasteiger partial charge on any atom is -0.496 e. The van der Waals surface area contributed by atoms with Gasteiger partial charge in [-0.05, 0) is 48.9 Å². The van der Waals surface area contributed by atoms with Crippen LogP contribution in [-0.2, 0) is 10.0 Å². The summed E-state index contributed by atoms with van der Waals surface area (Å²) in [5, 5.41) is 0. The molecular formula is C19H21NO4S. The van der Waals surface area contributed by atoms with E-state index in [2.05, 4.69) is 4.72 Å². The molecule has 25 heavy (non-hydrogen) atoms. The lowest BCUT2D eigenvalue weighted by atomic mass is 10.1. The Hall–Kier alpha value is -2.44. The molecule has 0 aliphatic rings. The van der Waals surface area contributed by atoms with Gasteiger partial charge in [0.25, 0.3) is 0 Å². The van der Waals surface area contributed by atoms with Crippen LogP contribution in [0.2, 0.25) is 0 Å². The molecule has 0 unspecified atom stereocenters. The fourth-order valence-corrected chi connectivity index (χ4v) is 3.32. The van der Waals surface area contributed by atoms with Gasteiger partial charge in [0.05, 0.1) is 12.0 Å². The smallest absolute Gasteiger partial charge is 0.240 e. The molecule has 6 heteroatoms. The molecule has 0 atom stereocenters. The summed E-state index contributed by atoms with van der Waals surface area (Å²) < 4.78 is 31.8. The van der Waals surface area contributed by atoms with E-state index in [-0.39, 0.29) is 10.7 Å². The predicted molar refractivity (Wildman–Crippen MR) is 98.3 cm³/mol. The molecule has 2 rings (SSSR count). The zero-order chi connectivity index (χ0) is 18.3. The van der Waals surface area contributed by atoms with Gasteiger partial charge in [-0.15, -0.1) is 0 Å². The van der Waals surface area contributed by atoms with Gasteiger partial charge in [-0.2, -0.15) is 0 Å². The third kappa shape index (κ3) is 5.01. The molecule has 0 aromatic heterocycles. The van der Waals surface area contributed by atoms with Crippen LogP contribution in [-0.4, -0.2) is 27.9 Å². The molecule has 0 amide bonds. The van der Waals surface area contributed by atoms with E-state index in [0.29, 0.717) is 24.3 Å². The van der Waals surface area contributed by atoms with Gasteiger partial charge < -0.3 is 4.74 Å². The summed E-state index contributed by atoms with van der Waals surface area (Å²) in [5.41, 5.74) is 1.21. The highest BCUT2D eigenvalue weighted by atomic mass is 32.2. The van der Waals surface area contributed by atoms with Crippen molar-refractivity contribution in [2.45, 2.75) is 18.2 Å². The fourth-order valence-electron chi connectivity index (χ4n) is 2.18. The first-order valence-electron chi connectivity index (χ1n) is 7.93. The molecular weight excluding hydrogens is 338 g/mol. The molecule has 2 aromatic rings. The van der Waals surface area contributed by atoms with Crippen molar-refractivity contribution in [3.63, 3.8) is 0 Å². The van der Waals surface area contributed by atoms with Crippen molar-refractivity contribution in [2.75, 3.05) is 13.7 Å². The minimum absolute atomic E-state index is 0.145. The topological polar surface area (TPSA) is 72.5 Å². The Morgan fingerprint density at radius 1 is 1.12 bits per heavy atom. The summed E-state index contributed by atoms with van der Waals surface area (Å²) in [6.45, 7) is 2.27. The van der Waals surface area contributed by atoms with E-state index in [1.165, 1.54) is 30.3 Å². The number of benzene rings is 2. The molecule has 0 saturated heterocycles. The van der Waals surface area contributed by atoms with Crippen LogP contribution >= 0.6 is 0 Å². The lowest BCUT2D eigenvalue weighted by Gasteiger charge is -2.06. The van der Waals surface area contributed by atoms with Crippen molar-refractivity contribution in [2.24, 2.45) is 0 Å². The highest BCUT2D eigenvalue weighted by molar-refractivity contribution is 7.89. The lowest BCUT2D eigenvalue weighted by Crippen LogP contribution is -2.24. The molecule has 0 aliphatic carbocycles. The molecule has 0 heterocycles. The number of allylic oxidation sites excluding steroid dienone is 1. The molecule has 5 nitrogen and oxygen atoms in total. The number of methoxy groups -OCH3 is 1. The Bertz CT molecular complexity index is 855. The number of para-hydroxylation sites is 1. The second-order valence-electron chi connectivity index (χ2n) is 5.36. The number of carbonyl (C=O) groups excluding carboxylic acids is 1. The van der Waals surface area contributed by atoms with Crippen LogP contribution in [0.1, 0.15) is 29.3 Å². The summed E-state index contributed by atoms with van der Waals surface area (Å²) in [7, 11) is -1.96. The van der Waals surface area contributed by atoms with Gasteiger partial charge in [-0.1, -0.05) is 25.1 Å². The molecule has 2 aromatic carbocycles. The molecule has 0 spiro atoms. The summed E-state index contributed by atoms with van der Waals surface area (Å²) in [6, 6.07) is 13.2. The van der Waals surface area contributed by atoms with E-state index in [9.17, 15) is 13.2 Å². The highest BCUT2D eigenvalue weighted by Gasteiger charge is 2.13. The zero-order valence-corrected chi connectivity index (χ0v) is 15.0. The standard InChI is InChI=1S/C19H21NO4S/c1-3-14-20-25(22,23)17-11-8-15(9-12-17)18(21)13-10-16-6-4-5-7-19(16)24-2/h4-13,20H,3,14H2,1-2H3/b13-10+. The third-order valence-electron chi connectivity index (χ3n) is 3.54. The second kappa shape index (κ2) is 8.60. The van der Waals surface area contributed by atoms with Crippen molar-refractivity contribution in [1.29, 1.82) is 0 Å². The monoisotopic (exact) mass is 359 g/mol. The molecule has 0 radical (unpaired) electrons. The van der Waals surface area contributed by atoms with Crippen LogP contribution in [0.15, 0.2) is 59.5 Å². The summed E-state index contributed by atoms with van der Waals surface area (Å²) in [5.74, 6) is 0.464. The number of hydrogen-bond acceptors (Lipinski definition) is 4. The minimum atomic E-state index is -3.53. The van der Waals surface area contributed by atoms with E-state index in [4.69, 9.17) is 4.74 Å². The summed E-state index contributed by atoms with van der Waals surface area (Å²) in [4.78, 5) is 12.4. The maximum atomic E-state index is 12.3. The van der Waals surface area contributed by atoms with Crippen molar-refractivity contribution >= 4 is 21.9 Å². The fraction of sp³-hybridized carbons (Fsp3) is 0.211. The second-order valence-corrected chi connectivity index (χ2v) is 7.13. The average molecular weight is 359 g/mol. The van der Waals surface area contributed by atoms with Crippen molar-refractivity contribution < 1.29 is 17.9 Å². The van der Waals surface area contributed by atoms with Crippen LogP contribution in [0.25, 0.3) is 6.08 Å². The van der Waals surface area contributed by atoms with Crippen molar-refractivity contribution in [3.05, 3.63) is 65.7 Å². The van der Waals surface area contributed by atoms with Gasteiger partial charge in [0.1, 0.15) is 5.75 Å². The van der Waals surface area contributed by atoms with Gasteiger partial charge >= 0.3 is 0 Å². The lowest BCUT2D eigenvalue weighted by molar-refractivity contribution is 0.104. The van der Waals surface area contributed by atoms with E-state index in [1.54, 1.807) is 13.2 Å². The Balaban J connectivity index is 2.14. The van der Waals surface area contributed by atoms with Gasteiger partial charge in [-0.3, -0.25) is 4.79 Å². The van der Waals surface area contributed by atoms with Gasteiger partial charge in [0.2, 0.25) is 10.0 Å². The number of carbonyl (C=O) groups is 1. The molecule has 1 N–H and O–H groups in total. The summed E-state index contributed by atoms with van der Waals surface area (Å²) >= 11 is 0. The molecule has 0 bridgehead atoms. The van der Waals surface area contributed by atoms with Gasteiger partial charge in [0.15, 0.2) is 5.78 Å². The Labute approximate surface area is 148 Å². The number of ether oxygens (including phenoxy) is 1. The van der Waals surface area contributed by atoms with E-state index >= 15 is 0 Å². The van der Waals surface area contributed by atoms with Crippen molar-refractivity contribution in [1.82, 2.24) is 4.72 Å². The number of rotatable bonds is 8. The van der Waals surface area contributed by atoms with Crippen LogP contribution in [0.3, 0.4) is 0 Å².